The van der Waals surface area contributed by atoms with E-state index in [1.807, 2.05) is 0 Å². The molecule has 0 spiro atoms. The zero-order chi connectivity index (χ0) is 11.2. The van der Waals surface area contributed by atoms with Crippen LogP contribution in [0.4, 0.5) is 0 Å². The Morgan fingerprint density at radius 1 is 1.33 bits per heavy atom. The molecular weight excluding hydrogens is 284 g/mol. The van der Waals surface area contributed by atoms with Gasteiger partial charge in [0, 0.05) is 10.0 Å². The SMILES string of the molecule is O=C(O)C1=CS(=O)(=O)c2cc(Br)ccc21. The second-order valence-corrected chi connectivity index (χ2v) is 5.70. The van der Waals surface area contributed by atoms with Crippen molar-refractivity contribution in [3.8, 4) is 0 Å². The van der Waals surface area contributed by atoms with E-state index in [1.54, 1.807) is 6.07 Å². The number of aliphatic carboxylic acids is 1. The van der Waals surface area contributed by atoms with E-state index >= 15 is 0 Å². The number of benzene rings is 1. The van der Waals surface area contributed by atoms with Crippen molar-refractivity contribution >= 4 is 37.3 Å². The first-order valence-corrected chi connectivity index (χ1v) is 6.26. The Morgan fingerprint density at radius 2 is 2.00 bits per heavy atom. The van der Waals surface area contributed by atoms with Gasteiger partial charge in [-0.15, -0.1) is 0 Å². The third kappa shape index (κ3) is 1.59. The maximum atomic E-state index is 11.6. The molecule has 1 aromatic carbocycles. The van der Waals surface area contributed by atoms with Crippen molar-refractivity contribution in [3.05, 3.63) is 33.6 Å². The van der Waals surface area contributed by atoms with E-state index < -0.39 is 15.8 Å². The lowest BCUT2D eigenvalue weighted by atomic mass is 10.1. The average molecular weight is 289 g/mol. The van der Waals surface area contributed by atoms with Crippen LogP contribution >= 0.6 is 15.9 Å². The van der Waals surface area contributed by atoms with Gasteiger partial charge in [-0.1, -0.05) is 22.0 Å². The van der Waals surface area contributed by atoms with Gasteiger partial charge in [-0.25, -0.2) is 13.2 Å². The molecule has 1 heterocycles. The number of hydrogen-bond donors (Lipinski definition) is 1. The number of carbonyl (C=O) groups is 1. The molecule has 0 unspecified atom stereocenters. The van der Waals surface area contributed by atoms with Gasteiger partial charge in [-0.3, -0.25) is 0 Å². The highest BCUT2D eigenvalue weighted by Crippen LogP contribution is 2.35. The maximum absolute atomic E-state index is 11.6. The van der Waals surface area contributed by atoms with Crippen molar-refractivity contribution in [2.75, 3.05) is 0 Å². The van der Waals surface area contributed by atoms with E-state index in [0.717, 1.165) is 5.41 Å². The van der Waals surface area contributed by atoms with E-state index in [9.17, 15) is 13.2 Å². The molecule has 1 aliphatic heterocycles. The van der Waals surface area contributed by atoms with Crippen molar-refractivity contribution in [1.82, 2.24) is 0 Å². The fraction of sp³-hybridized carbons (Fsp3) is 0. The van der Waals surface area contributed by atoms with E-state index in [2.05, 4.69) is 15.9 Å². The van der Waals surface area contributed by atoms with Crippen LogP contribution in [-0.2, 0) is 14.6 Å². The van der Waals surface area contributed by atoms with Crippen molar-refractivity contribution in [2.45, 2.75) is 4.90 Å². The number of rotatable bonds is 1. The molecule has 6 heteroatoms. The van der Waals surface area contributed by atoms with Crippen LogP contribution in [-0.4, -0.2) is 19.5 Å². The molecule has 1 N–H and O–H groups in total. The van der Waals surface area contributed by atoms with E-state index in [4.69, 9.17) is 5.11 Å². The standard InChI is InChI=1S/C9H5BrO4S/c10-5-1-2-6-7(9(11)12)4-15(13,14)8(6)3-5/h1-4H,(H,11,12). The lowest BCUT2D eigenvalue weighted by Crippen LogP contribution is -1.97. The van der Waals surface area contributed by atoms with Gasteiger partial charge >= 0.3 is 5.97 Å². The molecule has 0 saturated heterocycles. The van der Waals surface area contributed by atoms with E-state index in [1.165, 1.54) is 12.1 Å². The van der Waals surface area contributed by atoms with Crippen molar-refractivity contribution in [3.63, 3.8) is 0 Å². The Bertz CT molecular complexity index is 586. The predicted octanol–water partition coefficient (Wildman–Crippen LogP) is 1.66. The molecule has 0 saturated carbocycles. The number of carboxylic acid groups (broad SMARTS) is 1. The fourth-order valence-corrected chi connectivity index (χ4v) is 3.36. The minimum Gasteiger partial charge on any atom is -0.478 e. The molecule has 0 atom stereocenters. The Morgan fingerprint density at radius 3 is 2.60 bits per heavy atom. The molecule has 78 valence electrons. The Balaban J connectivity index is 2.79. The first-order valence-electron chi connectivity index (χ1n) is 3.92. The molecule has 4 nitrogen and oxygen atoms in total. The van der Waals surface area contributed by atoms with Crippen LogP contribution in [0.3, 0.4) is 0 Å². The summed E-state index contributed by atoms with van der Waals surface area (Å²) in [6.45, 7) is 0. The van der Waals surface area contributed by atoms with Gasteiger partial charge in [0.1, 0.15) is 0 Å². The molecule has 0 amide bonds. The van der Waals surface area contributed by atoms with Gasteiger partial charge in [0.15, 0.2) is 0 Å². The highest BCUT2D eigenvalue weighted by Gasteiger charge is 2.30. The van der Waals surface area contributed by atoms with Crippen LogP contribution in [0.5, 0.6) is 0 Å². The lowest BCUT2D eigenvalue weighted by molar-refractivity contribution is -0.130. The predicted molar refractivity (Wildman–Crippen MR) is 56.9 cm³/mol. The third-order valence-corrected chi connectivity index (χ3v) is 4.03. The summed E-state index contributed by atoms with van der Waals surface area (Å²) in [7, 11) is -3.60. The Labute approximate surface area is 94.3 Å². The van der Waals surface area contributed by atoms with Gasteiger partial charge in [0.25, 0.3) is 0 Å². The molecule has 1 aliphatic rings. The van der Waals surface area contributed by atoms with Crippen LogP contribution in [0.2, 0.25) is 0 Å². The number of halogens is 1. The molecule has 1 aromatic rings. The number of carboxylic acids is 1. The molecule has 15 heavy (non-hydrogen) atoms. The van der Waals surface area contributed by atoms with Crippen molar-refractivity contribution < 1.29 is 18.3 Å². The fourth-order valence-electron chi connectivity index (χ4n) is 1.40. The summed E-state index contributed by atoms with van der Waals surface area (Å²) in [4.78, 5) is 10.8. The highest BCUT2D eigenvalue weighted by atomic mass is 79.9. The number of sulfone groups is 1. The molecular formula is C9H5BrO4S. The summed E-state index contributed by atoms with van der Waals surface area (Å²) < 4.78 is 23.7. The van der Waals surface area contributed by atoms with Crippen LogP contribution in [0.15, 0.2) is 33.0 Å². The summed E-state index contributed by atoms with van der Waals surface area (Å²) in [5, 5.41) is 9.60. The molecule has 2 rings (SSSR count). The van der Waals surface area contributed by atoms with Gasteiger partial charge in [0.05, 0.1) is 15.9 Å². The first kappa shape index (κ1) is 10.4. The van der Waals surface area contributed by atoms with Crippen LogP contribution in [0, 0.1) is 0 Å². The monoisotopic (exact) mass is 288 g/mol. The number of fused-ring (bicyclic) bond motifs is 1. The van der Waals surface area contributed by atoms with E-state index in [-0.39, 0.29) is 16.0 Å². The molecule has 0 fully saturated rings. The third-order valence-electron chi connectivity index (χ3n) is 2.04. The van der Waals surface area contributed by atoms with Gasteiger partial charge < -0.3 is 5.11 Å². The van der Waals surface area contributed by atoms with Crippen LogP contribution in [0.25, 0.3) is 5.57 Å². The summed E-state index contributed by atoms with van der Waals surface area (Å²) in [6.07, 6.45) is 0. The van der Waals surface area contributed by atoms with Gasteiger partial charge in [-0.05, 0) is 12.1 Å². The number of hydrogen-bond acceptors (Lipinski definition) is 3. The summed E-state index contributed by atoms with van der Waals surface area (Å²) in [5.41, 5.74) is 0.0585. The average Bonchev–Trinajstić information content (AvgIpc) is 2.39. The molecule has 0 radical (unpaired) electrons. The summed E-state index contributed by atoms with van der Waals surface area (Å²) in [6, 6.07) is 4.48. The largest absolute Gasteiger partial charge is 0.478 e. The normalized spacial score (nSPS) is 17.0. The zero-order valence-electron chi connectivity index (χ0n) is 7.27. The lowest BCUT2D eigenvalue weighted by Gasteiger charge is -2.00. The van der Waals surface area contributed by atoms with Crippen LogP contribution < -0.4 is 0 Å². The second kappa shape index (κ2) is 3.18. The smallest absolute Gasteiger partial charge is 0.337 e. The van der Waals surface area contributed by atoms with Crippen molar-refractivity contribution in [2.24, 2.45) is 0 Å². The van der Waals surface area contributed by atoms with Gasteiger partial charge in [-0.2, -0.15) is 0 Å². The second-order valence-electron chi connectivity index (χ2n) is 3.02. The quantitative estimate of drug-likeness (QED) is 0.853. The minimum atomic E-state index is -3.60. The maximum Gasteiger partial charge on any atom is 0.337 e. The zero-order valence-corrected chi connectivity index (χ0v) is 9.67. The Kier molecular flexibility index (Phi) is 2.20. The Hall–Kier alpha value is -1.14. The van der Waals surface area contributed by atoms with Crippen LogP contribution in [0.1, 0.15) is 5.56 Å². The highest BCUT2D eigenvalue weighted by molar-refractivity contribution is 9.10. The first-order chi connectivity index (χ1) is 6.92. The summed E-state index contributed by atoms with van der Waals surface area (Å²) in [5.74, 6) is -1.24. The molecule has 0 aliphatic carbocycles. The molecule has 0 bridgehead atoms. The summed E-state index contributed by atoms with van der Waals surface area (Å²) >= 11 is 3.14. The van der Waals surface area contributed by atoms with Crippen molar-refractivity contribution in [1.29, 1.82) is 0 Å². The van der Waals surface area contributed by atoms with Gasteiger partial charge in [0.2, 0.25) is 9.84 Å². The topological polar surface area (TPSA) is 71.4 Å². The molecule has 0 aromatic heterocycles. The van der Waals surface area contributed by atoms with E-state index in [0.29, 0.717) is 4.47 Å². The minimum absolute atomic E-state index is 0.0364.